The molecule has 1 fully saturated rings. The van der Waals surface area contributed by atoms with Crippen LogP contribution in [0.5, 0.6) is 0 Å². The highest BCUT2D eigenvalue weighted by molar-refractivity contribution is 8.00. The normalized spacial score (nSPS) is 22.3. The van der Waals surface area contributed by atoms with Crippen LogP contribution < -0.4 is 16.4 Å². The van der Waals surface area contributed by atoms with E-state index in [-0.39, 0.29) is 11.9 Å². The van der Waals surface area contributed by atoms with Crippen LogP contribution in [0, 0.1) is 0 Å². The number of amides is 3. The summed E-state index contributed by atoms with van der Waals surface area (Å²) in [6.07, 6.45) is 2.45. The molecule has 5 nitrogen and oxygen atoms in total. The van der Waals surface area contributed by atoms with Gasteiger partial charge in [0.15, 0.2) is 0 Å². The lowest BCUT2D eigenvalue weighted by atomic mass is 10.2. The largest absolute Gasteiger partial charge is 0.351 e. The fraction of sp³-hybridized carbons (Fsp3) is 0.778. The highest BCUT2D eigenvalue weighted by Gasteiger charge is 2.19. The number of carbonyl (C=O) groups excluding carboxylic acids is 2. The zero-order chi connectivity index (χ0) is 11.3. The second-order valence-electron chi connectivity index (χ2n) is 3.62. The summed E-state index contributed by atoms with van der Waals surface area (Å²) in [5.74, 6) is 0.833. The van der Waals surface area contributed by atoms with Gasteiger partial charge in [0, 0.05) is 11.8 Å². The molecule has 1 aliphatic heterocycles. The molecule has 0 bridgehead atoms. The van der Waals surface area contributed by atoms with Crippen molar-refractivity contribution in [3.8, 4) is 0 Å². The Labute approximate surface area is 93.5 Å². The molecule has 1 heterocycles. The van der Waals surface area contributed by atoms with E-state index >= 15 is 0 Å². The molecule has 1 saturated heterocycles. The highest BCUT2D eigenvalue weighted by atomic mass is 32.2. The van der Waals surface area contributed by atoms with Gasteiger partial charge in [0.2, 0.25) is 5.91 Å². The molecule has 2 unspecified atom stereocenters. The number of hydrogen-bond donors (Lipinski definition) is 3. The first-order valence-electron chi connectivity index (χ1n) is 5.05. The second kappa shape index (κ2) is 5.97. The first-order chi connectivity index (χ1) is 7.09. The SMILES string of the molecule is CC(NCC1CCCS1)C(=O)NC(N)=O. The number of thioether (sulfide) groups is 1. The predicted octanol–water partition coefficient (Wildman–Crippen LogP) is 0.0550. The van der Waals surface area contributed by atoms with Crippen LogP contribution in [0.15, 0.2) is 0 Å². The molecule has 0 radical (unpaired) electrons. The third kappa shape index (κ3) is 4.53. The number of imide groups is 1. The molecule has 1 rings (SSSR count). The van der Waals surface area contributed by atoms with Crippen molar-refractivity contribution in [1.29, 1.82) is 0 Å². The summed E-state index contributed by atoms with van der Waals surface area (Å²) in [5, 5.41) is 5.73. The summed E-state index contributed by atoms with van der Waals surface area (Å²) in [5.41, 5.74) is 4.85. The van der Waals surface area contributed by atoms with Gasteiger partial charge in [0.05, 0.1) is 6.04 Å². The van der Waals surface area contributed by atoms with E-state index < -0.39 is 6.03 Å². The lowest BCUT2D eigenvalue weighted by Crippen LogP contribution is -2.47. The van der Waals surface area contributed by atoms with Crippen molar-refractivity contribution >= 4 is 23.7 Å². The van der Waals surface area contributed by atoms with Crippen LogP contribution in [-0.4, -0.2) is 35.5 Å². The topological polar surface area (TPSA) is 84.2 Å². The van der Waals surface area contributed by atoms with Gasteiger partial charge in [-0.05, 0) is 25.5 Å². The third-order valence-corrected chi connectivity index (χ3v) is 3.71. The number of nitrogens with two attached hydrogens (primary N) is 1. The van der Waals surface area contributed by atoms with Crippen molar-refractivity contribution in [3.63, 3.8) is 0 Å². The summed E-state index contributed by atoms with van der Waals surface area (Å²) in [7, 11) is 0. The van der Waals surface area contributed by atoms with Gasteiger partial charge in [-0.3, -0.25) is 10.1 Å². The van der Waals surface area contributed by atoms with Gasteiger partial charge < -0.3 is 11.1 Å². The molecule has 0 aromatic carbocycles. The van der Waals surface area contributed by atoms with E-state index in [2.05, 4.69) is 5.32 Å². The number of urea groups is 1. The van der Waals surface area contributed by atoms with Crippen LogP contribution in [0.25, 0.3) is 0 Å². The van der Waals surface area contributed by atoms with Crippen LogP contribution in [0.2, 0.25) is 0 Å². The summed E-state index contributed by atoms with van der Waals surface area (Å²) < 4.78 is 0. The fourth-order valence-electron chi connectivity index (χ4n) is 1.44. The van der Waals surface area contributed by atoms with Crippen molar-refractivity contribution in [2.45, 2.75) is 31.1 Å². The van der Waals surface area contributed by atoms with Crippen molar-refractivity contribution < 1.29 is 9.59 Å². The molecule has 1 aliphatic rings. The van der Waals surface area contributed by atoms with E-state index in [9.17, 15) is 9.59 Å². The van der Waals surface area contributed by atoms with Gasteiger partial charge in [-0.2, -0.15) is 11.8 Å². The number of rotatable bonds is 4. The molecule has 86 valence electrons. The van der Waals surface area contributed by atoms with Crippen LogP contribution in [0.1, 0.15) is 19.8 Å². The Morgan fingerprint density at radius 3 is 2.87 bits per heavy atom. The lowest BCUT2D eigenvalue weighted by molar-refractivity contribution is -0.121. The van der Waals surface area contributed by atoms with Crippen molar-refractivity contribution in [2.24, 2.45) is 5.73 Å². The number of nitrogens with one attached hydrogen (secondary N) is 2. The average Bonchev–Trinajstić information content (AvgIpc) is 2.65. The maximum absolute atomic E-state index is 11.3. The predicted molar refractivity (Wildman–Crippen MR) is 60.7 cm³/mol. The third-order valence-electron chi connectivity index (χ3n) is 2.32. The first-order valence-corrected chi connectivity index (χ1v) is 6.09. The molecule has 0 spiro atoms. The van der Waals surface area contributed by atoms with Gasteiger partial charge in [0.25, 0.3) is 0 Å². The minimum absolute atomic E-state index is 0.370. The van der Waals surface area contributed by atoms with E-state index in [0.29, 0.717) is 5.25 Å². The van der Waals surface area contributed by atoms with Crippen LogP contribution in [0.3, 0.4) is 0 Å². The molecule has 3 amide bonds. The summed E-state index contributed by atoms with van der Waals surface area (Å²) >= 11 is 1.92. The average molecular weight is 231 g/mol. The number of primary amides is 1. The molecule has 2 atom stereocenters. The number of hydrogen-bond acceptors (Lipinski definition) is 4. The van der Waals surface area contributed by atoms with Gasteiger partial charge in [-0.25, -0.2) is 4.79 Å². The van der Waals surface area contributed by atoms with Gasteiger partial charge in [0.1, 0.15) is 0 Å². The molecule has 0 aromatic rings. The molecule has 0 aliphatic carbocycles. The van der Waals surface area contributed by atoms with Crippen molar-refractivity contribution in [3.05, 3.63) is 0 Å². The Kier molecular flexibility index (Phi) is 4.90. The first kappa shape index (κ1) is 12.3. The van der Waals surface area contributed by atoms with E-state index in [1.807, 2.05) is 17.1 Å². The molecule has 0 aromatic heterocycles. The molecular weight excluding hydrogens is 214 g/mol. The molecule has 15 heavy (non-hydrogen) atoms. The quantitative estimate of drug-likeness (QED) is 0.638. The maximum atomic E-state index is 11.3. The van der Waals surface area contributed by atoms with E-state index in [1.54, 1.807) is 6.92 Å². The second-order valence-corrected chi connectivity index (χ2v) is 5.03. The summed E-state index contributed by atoms with van der Waals surface area (Å²) in [6, 6.07) is -1.18. The van der Waals surface area contributed by atoms with Gasteiger partial charge >= 0.3 is 6.03 Å². The summed E-state index contributed by atoms with van der Waals surface area (Å²) in [4.78, 5) is 21.7. The number of carbonyl (C=O) groups is 2. The molecule has 6 heteroatoms. The minimum Gasteiger partial charge on any atom is -0.351 e. The Hall–Kier alpha value is -0.750. The Morgan fingerprint density at radius 1 is 1.60 bits per heavy atom. The van der Waals surface area contributed by atoms with Crippen LogP contribution >= 0.6 is 11.8 Å². The van der Waals surface area contributed by atoms with E-state index in [0.717, 1.165) is 6.54 Å². The zero-order valence-corrected chi connectivity index (χ0v) is 9.60. The van der Waals surface area contributed by atoms with Crippen molar-refractivity contribution in [2.75, 3.05) is 12.3 Å². The Morgan fingerprint density at radius 2 is 2.33 bits per heavy atom. The Bertz CT molecular complexity index is 242. The molecule has 0 saturated carbocycles. The highest BCUT2D eigenvalue weighted by Crippen LogP contribution is 2.25. The zero-order valence-electron chi connectivity index (χ0n) is 8.79. The minimum atomic E-state index is -0.802. The molecule has 4 N–H and O–H groups in total. The van der Waals surface area contributed by atoms with Gasteiger partial charge in [-0.15, -0.1) is 0 Å². The standard InChI is InChI=1S/C9H17N3O2S/c1-6(8(13)12-9(10)14)11-5-7-3-2-4-15-7/h6-7,11H,2-5H2,1H3,(H3,10,12,13,14). The van der Waals surface area contributed by atoms with Crippen molar-refractivity contribution in [1.82, 2.24) is 10.6 Å². The monoisotopic (exact) mass is 231 g/mol. The lowest BCUT2D eigenvalue weighted by Gasteiger charge is -2.15. The Balaban J connectivity index is 2.19. The van der Waals surface area contributed by atoms with E-state index in [1.165, 1.54) is 18.6 Å². The fourth-order valence-corrected chi connectivity index (χ4v) is 2.65. The maximum Gasteiger partial charge on any atom is 0.318 e. The smallest absolute Gasteiger partial charge is 0.318 e. The summed E-state index contributed by atoms with van der Waals surface area (Å²) in [6.45, 7) is 2.52. The van der Waals surface area contributed by atoms with Gasteiger partial charge in [-0.1, -0.05) is 0 Å². The van der Waals surface area contributed by atoms with Crippen LogP contribution in [0.4, 0.5) is 4.79 Å². The van der Waals surface area contributed by atoms with Crippen LogP contribution in [-0.2, 0) is 4.79 Å². The molecular formula is C9H17N3O2S. The van der Waals surface area contributed by atoms with E-state index in [4.69, 9.17) is 5.73 Å².